The van der Waals surface area contributed by atoms with E-state index in [1.807, 2.05) is 32.0 Å². The summed E-state index contributed by atoms with van der Waals surface area (Å²) < 4.78 is 20.3. The lowest BCUT2D eigenvalue weighted by atomic mass is 9.98. The number of carboxylic acid groups (broad SMARTS) is 1. The summed E-state index contributed by atoms with van der Waals surface area (Å²) in [6.07, 6.45) is 3.28. The third-order valence-electron chi connectivity index (χ3n) is 5.25. The minimum absolute atomic E-state index is 0.0167. The third kappa shape index (κ3) is 4.74. The Bertz CT molecular complexity index is 934. The Balaban J connectivity index is 1.77. The lowest BCUT2D eigenvalue weighted by molar-refractivity contribution is -0.136. The second kappa shape index (κ2) is 8.78. The second-order valence-electron chi connectivity index (χ2n) is 7.29. The van der Waals surface area contributed by atoms with Gasteiger partial charge in [0.05, 0.1) is 0 Å². The SMILES string of the molecule is Cc1cc(OCC2=C(c3ccc(Cl)cc3C)CCC2)c(F)cc1CCC(=O)O. The first-order chi connectivity index (χ1) is 13.3. The van der Waals surface area contributed by atoms with Crippen molar-refractivity contribution in [1.82, 2.24) is 0 Å². The van der Waals surface area contributed by atoms with Gasteiger partial charge in [0.15, 0.2) is 11.6 Å². The topological polar surface area (TPSA) is 46.5 Å². The number of aryl methyl sites for hydroxylation is 3. The lowest BCUT2D eigenvalue weighted by Gasteiger charge is -2.14. The summed E-state index contributed by atoms with van der Waals surface area (Å²) in [6, 6.07) is 8.95. The number of ether oxygens (including phenoxy) is 1. The lowest BCUT2D eigenvalue weighted by Crippen LogP contribution is -2.05. The molecule has 1 N–H and O–H groups in total. The van der Waals surface area contributed by atoms with Crippen LogP contribution in [0, 0.1) is 19.7 Å². The summed E-state index contributed by atoms with van der Waals surface area (Å²) in [5.41, 5.74) is 6.31. The van der Waals surface area contributed by atoms with Crippen LogP contribution >= 0.6 is 11.6 Å². The van der Waals surface area contributed by atoms with Gasteiger partial charge >= 0.3 is 5.97 Å². The molecule has 0 aliphatic heterocycles. The summed E-state index contributed by atoms with van der Waals surface area (Å²) >= 11 is 6.07. The number of hydrogen-bond donors (Lipinski definition) is 1. The number of allylic oxidation sites excluding steroid dienone is 1. The van der Waals surface area contributed by atoms with E-state index in [9.17, 15) is 9.18 Å². The van der Waals surface area contributed by atoms with Crippen LogP contribution in [0.4, 0.5) is 4.39 Å². The number of hydrogen-bond acceptors (Lipinski definition) is 2. The Labute approximate surface area is 169 Å². The van der Waals surface area contributed by atoms with Gasteiger partial charge in [0, 0.05) is 11.4 Å². The number of carbonyl (C=O) groups is 1. The van der Waals surface area contributed by atoms with E-state index in [1.165, 1.54) is 22.8 Å². The molecule has 5 heteroatoms. The van der Waals surface area contributed by atoms with Crippen molar-refractivity contribution in [2.24, 2.45) is 0 Å². The average Bonchev–Trinajstić information content (AvgIpc) is 3.09. The zero-order valence-electron chi connectivity index (χ0n) is 16.1. The Hall–Kier alpha value is -2.33. The van der Waals surface area contributed by atoms with Gasteiger partial charge in [0.2, 0.25) is 0 Å². The molecule has 1 aliphatic rings. The van der Waals surface area contributed by atoms with Crippen LogP contribution in [0.3, 0.4) is 0 Å². The van der Waals surface area contributed by atoms with E-state index in [4.69, 9.17) is 21.4 Å². The largest absolute Gasteiger partial charge is 0.486 e. The molecule has 148 valence electrons. The van der Waals surface area contributed by atoms with Gasteiger partial charge in [0.25, 0.3) is 0 Å². The smallest absolute Gasteiger partial charge is 0.303 e. The third-order valence-corrected chi connectivity index (χ3v) is 5.48. The molecule has 0 radical (unpaired) electrons. The van der Waals surface area contributed by atoms with Crippen molar-refractivity contribution in [3.63, 3.8) is 0 Å². The number of aliphatic carboxylic acids is 1. The molecule has 0 spiro atoms. The van der Waals surface area contributed by atoms with Gasteiger partial charge in [-0.2, -0.15) is 0 Å². The predicted molar refractivity (Wildman–Crippen MR) is 110 cm³/mol. The van der Waals surface area contributed by atoms with Crippen molar-refractivity contribution >= 4 is 23.1 Å². The molecule has 3 rings (SSSR count). The highest BCUT2D eigenvalue weighted by Crippen LogP contribution is 2.36. The maximum atomic E-state index is 14.5. The van der Waals surface area contributed by atoms with E-state index in [-0.39, 0.29) is 12.2 Å². The molecule has 0 aromatic heterocycles. The Morgan fingerprint density at radius 3 is 2.68 bits per heavy atom. The summed E-state index contributed by atoms with van der Waals surface area (Å²) in [5, 5.41) is 9.54. The van der Waals surface area contributed by atoms with E-state index in [1.54, 1.807) is 6.07 Å². The maximum Gasteiger partial charge on any atom is 0.303 e. The van der Waals surface area contributed by atoms with E-state index >= 15 is 0 Å². The van der Waals surface area contributed by atoms with Crippen LogP contribution in [0.15, 0.2) is 35.9 Å². The first-order valence-electron chi connectivity index (χ1n) is 9.46. The number of halogens is 2. The fourth-order valence-electron chi connectivity index (χ4n) is 3.74. The van der Waals surface area contributed by atoms with Gasteiger partial charge in [-0.15, -0.1) is 0 Å². The van der Waals surface area contributed by atoms with Crippen molar-refractivity contribution in [3.05, 3.63) is 69.0 Å². The van der Waals surface area contributed by atoms with Crippen LogP contribution < -0.4 is 4.74 Å². The van der Waals surface area contributed by atoms with E-state index in [0.29, 0.717) is 18.6 Å². The van der Waals surface area contributed by atoms with E-state index in [2.05, 4.69) is 0 Å². The average molecular weight is 403 g/mol. The quantitative estimate of drug-likeness (QED) is 0.606. The van der Waals surface area contributed by atoms with Gasteiger partial charge in [-0.25, -0.2) is 4.39 Å². The van der Waals surface area contributed by atoms with E-state index in [0.717, 1.165) is 35.4 Å². The van der Waals surface area contributed by atoms with Crippen LogP contribution in [0.25, 0.3) is 5.57 Å². The Morgan fingerprint density at radius 2 is 1.96 bits per heavy atom. The second-order valence-corrected chi connectivity index (χ2v) is 7.72. The molecule has 2 aromatic rings. The van der Waals surface area contributed by atoms with Gasteiger partial charge in [0.1, 0.15) is 6.61 Å². The Kier molecular flexibility index (Phi) is 6.40. The van der Waals surface area contributed by atoms with Crippen LogP contribution in [-0.4, -0.2) is 17.7 Å². The molecule has 28 heavy (non-hydrogen) atoms. The number of rotatable bonds is 7. The summed E-state index contributed by atoms with van der Waals surface area (Å²) in [5.74, 6) is -1.13. The zero-order valence-corrected chi connectivity index (χ0v) is 16.9. The molecule has 0 saturated carbocycles. The van der Waals surface area contributed by atoms with E-state index < -0.39 is 11.8 Å². The van der Waals surface area contributed by atoms with Crippen LogP contribution in [0.2, 0.25) is 5.02 Å². The minimum Gasteiger partial charge on any atom is -0.486 e. The molecule has 0 amide bonds. The standard InChI is InChI=1S/C23H24ClFO3/c1-14-11-22(21(25)12-16(14)6-9-23(26)27)28-13-17-4-3-5-20(17)19-8-7-18(24)10-15(19)2/h7-8,10-12H,3-6,9,13H2,1-2H3,(H,26,27). The highest BCUT2D eigenvalue weighted by Gasteiger charge is 2.19. The number of benzene rings is 2. The molecular formula is C23H24ClFO3. The molecule has 0 atom stereocenters. The van der Waals surface area contributed by atoms with Crippen LogP contribution in [0.5, 0.6) is 5.75 Å². The highest BCUT2D eigenvalue weighted by molar-refractivity contribution is 6.30. The normalized spacial score (nSPS) is 13.9. The van der Waals surface area contributed by atoms with Crippen molar-refractivity contribution in [1.29, 1.82) is 0 Å². The molecule has 1 aliphatic carbocycles. The van der Waals surface area contributed by atoms with Crippen molar-refractivity contribution < 1.29 is 19.0 Å². The molecule has 0 saturated heterocycles. The molecule has 2 aromatic carbocycles. The molecular weight excluding hydrogens is 379 g/mol. The van der Waals surface area contributed by atoms with Crippen molar-refractivity contribution in [2.75, 3.05) is 6.61 Å². The first kappa shape index (κ1) is 20.4. The molecule has 0 heterocycles. The summed E-state index contributed by atoms with van der Waals surface area (Å²) in [6.45, 7) is 4.24. The van der Waals surface area contributed by atoms with Crippen molar-refractivity contribution in [3.8, 4) is 5.75 Å². The zero-order chi connectivity index (χ0) is 20.3. The fourth-order valence-corrected chi connectivity index (χ4v) is 3.97. The van der Waals surface area contributed by atoms with Gasteiger partial charge in [-0.05, 0) is 97.2 Å². The van der Waals surface area contributed by atoms with Crippen molar-refractivity contribution in [2.45, 2.75) is 46.0 Å². The van der Waals surface area contributed by atoms with Crippen LogP contribution in [-0.2, 0) is 11.2 Å². The summed E-state index contributed by atoms with van der Waals surface area (Å²) in [4.78, 5) is 10.7. The molecule has 0 fully saturated rings. The van der Waals surface area contributed by atoms with Crippen LogP contribution in [0.1, 0.15) is 47.9 Å². The predicted octanol–water partition coefficient (Wildman–Crippen LogP) is 6.13. The summed E-state index contributed by atoms with van der Waals surface area (Å²) in [7, 11) is 0. The Morgan fingerprint density at radius 1 is 1.18 bits per heavy atom. The number of carboxylic acids is 1. The fraction of sp³-hybridized carbons (Fsp3) is 0.348. The molecule has 0 bridgehead atoms. The highest BCUT2D eigenvalue weighted by atomic mass is 35.5. The van der Waals surface area contributed by atoms with Gasteiger partial charge < -0.3 is 9.84 Å². The maximum absolute atomic E-state index is 14.5. The van der Waals surface area contributed by atoms with Gasteiger partial charge in [-0.1, -0.05) is 17.7 Å². The molecule has 3 nitrogen and oxygen atoms in total. The first-order valence-corrected chi connectivity index (χ1v) is 9.84. The molecule has 0 unspecified atom stereocenters. The minimum atomic E-state index is -0.890. The van der Waals surface area contributed by atoms with Gasteiger partial charge in [-0.3, -0.25) is 4.79 Å². The monoisotopic (exact) mass is 402 g/mol.